The Morgan fingerprint density at radius 1 is 1.09 bits per heavy atom. The maximum Gasteiger partial charge on any atom is 0.447 e. The largest absolute Gasteiger partial charge is 0.495 e. The quantitative estimate of drug-likeness (QED) is 0.217. The summed E-state index contributed by atoms with van der Waals surface area (Å²) in [5.41, 5.74) is -3.27. The van der Waals surface area contributed by atoms with E-state index in [4.69, 9.17) is 4.74 Å². The minimum atomic E-state index is -4.59. The van der Waals surface area contributed by atoms with Crippen molar-refractivity contribution in [1.29, 1.82) is 0 Å². The first-order chi connectivity index (χ1) is 22.1. The van der Waals surface area contributed by atoms with Crippen LogP contribution in [0.1, 0.15) is 28.8 Å². The van der Waals surface area contributed by atoms with Gasteiger partial charge in [0.2, 0.25) is 5.91 Å². The van der Waals surface area contributed by atoms with Crippen LogP contribution in [0.4, 0.5) is 29.1 Å². The Balaban J connectivity index is 1.34. The summed E-state index contributed by atoms with van der Waals surface area (Å²) >= 11 is -0.294. The zero-order valence-corrected chi connectivity index (χ0v) is 25.8. The summed E-state index contributed by atoms with van der Waals surface area (Å²) in [6.07, 6.45) is 2.32. The van der Waals surface area contributed by atoms with Crippen molar-refractivity contribution >= 4 is 40.6 Å². The zero-order valence-electron chi connectivity index (χ0n) is 25.0. The van der Waals surface area contributed by atoms with Crippen molar-refractivity contribution in [3.63, 3.8) is 0 Å². The van der Waals surface area contributed by atoms with Crippen LogP contribution in [0.3, 0.4) is 0 Å². The molecule has 4 atom stereocenters. The first-order valence-corrected chi connectivity index (χ1v) is 15.8. The van der Waals surface area contributed by atoms with Gasteiger partial charge in [0.05, 0.1) is 48.9 Å². The second-order valence-electron chi connectivity index (χ2n) is 11.4. The lowest BCUT2D eigenvalue weighted by molar-refractivity contribution is -0.137. The van der Waals surface area contributed by atoms with Gasteiger partial charge in [-0.15, -0.1) is 0 Å². The third-order valence-electron chi connectivity index (χ3n) is 8.43. The number of methoxy groups -OCH3 is 1. The Labute approximate surface area is 267 Å². The van der Waals surface area contributed by atoms with E-state index in [2.05, 4.69) is 37.7 Å². The lowest BCUT2D eigenvalue weighted by Crippen LogP contribution is -2.51. The van der Waals surface area contributed by atoms with Gasteiger partial charge in [0, 0.05) is 55.9 Å². The molecular weight excluding hydrogens is 626 g/mol. The smallest absolute Gasteiger partial charge is 0.447 e. The van der Waals surface area contributed by atoms with Crippen molar-refractivity contribution in [3.8, 4) is 17.6 Å². The van der Waals surface area contributed by atoms with Gasteiger partial charge in [-0.3, -0.25) is 9.59 Å². The first kappa shape index (κ1) is 31.8. The molecule has 6 heterocycles. The molecule has 10 nitrogen and oxygen atoms in total. The monoisotopic (exact) mass is 659 g/mol. The number of hydrogen-bond donors (Lipinski definition) is 3. The molecule has 2 aromatic heterocycles. The van der Waals surface area contributed by atoms with Crippen LogP contribution in [-0.4, -0.2) is 102 Å². The SMILES string of the molecule is COc1ccc2cc1NCC#Cc1cc3c(nccn3c1SC(F)(F)F)N[C@@H]1CCN(CC1F)C(=O)[C@@H]1CCN(CCNC2=O)C1. The van der Waals surface area contributed by atoms with E-state index in [9.17, 15) is 22.8 Å². The number of anilines is 2. The molecule has 2 fully saturated rings. The number of hydrogen-bond acceptors (Lipinski definition) is 8. The van der Waals surface area contributed by atoms with Crippen molar-refractivity contribution in [2.75, 3.05) is 63.6 Å². The average Bonchev–Trinajstić information content (AvgIpc) is 3.64. The maximum absolute atomic E-state index is 15.5. The molecule has 7 rings (SSSR count). The molecule has 2 amide bonds. The summed E-state index contributed by atoms with van der Waals surface area (Å²) in [4.78, 5) is 34.2. The lowest BCUT2D eigenvalue weighted by Gasteiger charge is -2.36. The van der Waals surface area contributed by atoms with Crippen LogP contribution in [0.15, 0.2) is 41.7 Å². The first-order valence-electron chi connectivity index (χ1n) is 15.0. The molecule has 0 spiro atoms. The van der Waals surface area contributed by atoms with E-state index < -0.39 is 17.7 Å². The van der Waals surface area contributed by atoms with Crippen LogP contribution in [-0.2, 0) is 4.79 Å². The highest BCUT2D eigenvalue weighted by atomic mass is 32.2. The highest BCUT2D eigenvalue weighted by Gasteiger charge is 2.37. The number of alkyl halides is 4. The van der Waals surface area contributed by atoms with Gasteiger partial charge in [-0.25, -0.2) is 9.37 Å². The molecule has 2 unspecified atom stereocenters. The predicted octanol–water partition coefficient (Wildman–Crippen LogP) is 3.83. The van der Waals surface area contributed by atoms with E-state index in [-0.39, 0.29) is 59.0 Å². The summed E-state index contributed by atoms with van der Waals surface area (Å²) in [5, 5.41) is 8.95. The number of nitrogens with zero attached hydrogens (tertiary/aromatic N) is 4. The van der Waals surface area contributed by atoms with Crippen molar-refractivity contribution < 1.29 is 31.9 Å². The second-order valence-corrected chi connectivity index (χ2v) is 12.4. The molecule has 8 bridgehead atoms. The van der Waals surface area contributed by atoms with E-state index in [0.717, 1.165) is 0 Å². The number of thioether (sulfide) groups is 1. The van der Waals surface area contributed by atoms with Crippen molar-refractivity contribution in [1.82, 2.24) is 24.5 Å². The van der Waals surface area contributed by atoms with E-state index in [1.807, 2.05) is 0 Å². The molecule has 4 aliphatic heterocycles. The Morgan fingerprint density at radius 3 is 2.72 bits per heavy atom. The Morgan fingerprint density at radius 2 is 1.93 bits per heavy atom. The van der Waals surface area contributed by atoms with Gasteiger partial charge in [-0.2, -0.15) is 13.2 Å². The van der Waals surface area contributed by atoms with E-state index >= 15 is 4.39 Å². The maximum atomic E-state index is 15.5. The summed E-state index contributed by atoms with van der Waals surface area (Å²) in [6, 6.07) is 5.72. The molecule has 244 valence electrons. The summed E-state index contributed by atoms with van der Waals surface area (Å²) in [6.45, 7) is 2.48. The number of carbonyl (C=O) groups is 2. The fourth-order valence-corrected chi connectivity index (χ4v) is 6.82. The summed E-state index contributed by atoms with van der Waals surface area (Å²) in [5.74, 6) is 5.75. The highest BCUT2D eigenvalue weighted by molar-refractivity contribution is 8.00. The van der Waals surface area contributed by atoms with E-state index in [0.29, 0.717) is 68.1 Å². The minimum absolute atomic E-state index is 0.0457. The second kappa shape index (κ2) is 13.3. The number of carbonyl (C=O) groups excluding carboxylic acids is 2. The zero-order chi connectivity index (χ0) is 32.4. The third-order valence-corrected chi connectivity index (χ3v) is 9.27. The van der Waals surface area contributed by atoms with Gasteiger partial charge in [-0.1, -0.05) is 11.8 Å². The van der Waals surface area contributed by atoms with Crippen molar-refractivity contribution in [2.45, 2.75) is 35.6 Å². The molecule has 15 heteroatoms. The van der Waals surface area contributed by atoms with E-state index in [1.165, 1.54) is 30.0 Å². The van der Waals surface area contributed by atoms with Crippen molar-refractivity contribution in [2.24, 2.45) is 5.92 Å². The Kier molecular flexibility index (Phi) is 9.19. The average molecular weight is 660 g/mol. The van der Waals surface area contributed by atoms with Gasteiger partial charge in [-0.05, 0) is 43.7 Å². The number of rotatable bonds is 2. The molecular formula is C31H33F4N7O3S. The molecule has 0 radical (unpaired) electrons. The molecule has 2 saturated heterocycles. The van der Waals surface area contributed by atoms with Gasteiger partial charge in [0.1, 0.15) is 16.9 Å². The van der Waals surface area contributed by atoms with Crippen LogP contribution in [0.2, 0.25) is 0 Å². The number of amides is 2. The number of fused-ring (bicyclic) bond motifs is 7. The lowest BCUT2D eigenvalue weighted by atomic mass is 10.00. The van der Waals surface area contributed by atoms with Gasteiger partial charge < -0.3 is 34.9 Å². The summed E-state index contributed by atoms with van der Waals surface area (Å²) in [7, 11) is 1.49. The minimum Gasteiger partial charge on any atom is -0.495 e. The molecule has 46 heavy (non-hydrogen) atoms. The van der Waals surface area contributed by atoms with Crippen molar-refractivity contribution in [3.05, 3.63) is 47.8 Å². The standard InChI is InChI=1S/C31H33F4N7O3S/c1-45-26-5-4-19-15-24(26)36-8-2-3-20-16-25-27(37-10-14-42(25)30(20)46-31(33,34)35)39-23-7-12-41(18-22(23)32)29(44)21-6-11-40(17-21)13-9-38-28(19)43/h4-5,10,14-16,21-23,36H,6-9,11-13,17-18H2,1H3,(H,37,39)(H,38,43)/t21-,22?,23-/m1/s1. The molecule has 0 saturated carbocycles. The van der Waals surface area contributed by atoms with Crippen LogP contribution >= 0.6 is 11.8 Å². The van der Waals surface area contributed by atoms with Gasteiger partial charge in [0.25, 0.3) is 5.91 Å². The third kappa shape index (κ3) is 6.97. The number of halogens is 4. The molecule has 1 aromatic carbocycles. The molecule has 3 aromatic rings. The number of nitrogens with one attached hydrogen (secondary N) is 3. The predicted molar refractivity (Wildman–Crippen MR) is 166 cm³/mol. The Hall–Kier alpha value is -4.16. The number of ether oxygens (including phenoxy) is 1. The number of benzene rings is 1. The van der Waals surface area contributed by atoms with E-state index in [1.54, 1.807) is 23.1 Å². The summed E-state index contributed by atoms with van der Waals surface area (Å²) < 4.78 is 63.2. The van der Waals surface area contributed by atoms with Crippen LogP contribution in [0, 0.1) is 17.8 Å². The topological polar surface area (TPSA) is 103 Å². The fraction of sp³-hybridized carbons (Fsp3) is 0.452. The van der Waals surface area contributed by atoms with Gasteiger partial charge >= 0.3 is 5.51 Å². The number of aromatic nitrogens is 2. The van der Waals surface area contributed by atoms with Crippen LogP contribution in [0.5, 0.6) is 5.75 Å². The highest BCUT2D eigenvalue weighted by Crippen LogP contribution is 2.40. The van der Waals surface area contributed by atoms with Crippen LogP contribution in [0.25, 0.3) is 5.52 Å². The fourth-order valence-electron chi connectivity index (χ4n) is 6.13. The Bertz CT molecular complexity index is 1690. The number of piperidine rings is 1. The molecule has 0 aliphatic carbocycles. The molecule has 3 N–H and O–H groups in total. The normalized spacial score (nSPS) is 24.1. The molecule has 4 aliphatic rings. The van der Waals surface area contributed by atoms with Crippen LogP contribution < -0.4 is 20.7 Å². The van der Waals surface area contributed by atoms with Gasteiger partial charge in [0.15, 0.2) is 5.82 Å².